The molecule has 1 heterocycles. The molecule has 1 aliphatic heterocycles. The van der Waals surface area contributed by atoms with Gasteiger partial charge in [0.2, 0.25) is 0 Å². The van der Waals surface area contributed by atoms with Gasteiger partial charge in [-0.2, -0.15) is 0 Å². The van der Waals surface area contributed by atoms with Gasteiger partial charge in [-0.1, -0.05) is 70.5 Å². The number of rotatable bonds is 3. The summed E-state index contributed by atoms with van der Waals surface area (Å²) < 4.78 is 6.14. The maximum absolute atomic E-state index is 6.14. The average Bonchev–Trinajstić information content (AvgIpc) is 2.52. The van der Waals surface area contributed by atoms with E-state index in [0.717, 1.165) is 6.61 Å². The molecule has 2 unspecified atom stereocenters. The van der Waals surface area contributed by atoms with Gasteiger partial charge in [-0.15, -0.1) is 0 Å². The van der Waals surface area contributed by atoms with E-state index in [-0.39, 0.29) is 0 Å². The maximum atomic E-state index is 6.14. The van der Waals surface area contributed by atoms with Crippen LogP contribution in [0.5, 0.6) is 0 Å². The molecule has 1 saturated heterocycles. The Hall–Kier alpha value is -1.38. The van der Waals surface area contributed by atoms with Crippen LogP contribution in [0.25, 0.3) is 0 Å². The molecule has 0 spiro atoms. The average molecular weight is 282 g/mol. The third kappa shape index (κ3) is 3.02. The van der Waals surface area contributed by atoms with Gasteiger partial charge in [0.15, 0.2) is 0 Å². The lowest BCUT2D eigenvalue weighted by Crippen LogP contribution is -2.53. The van der Waals surface area contributed by atoms with Gasteiger partial charge in [0.05, 0.1) is 5.73 Å². The summed E-state index contributed by atoms with van der Waals surface area (Å²) in [4.78, 5) is 0. The Morgan fingerprint density at radius 1 is 0.900 bits per heavy atom. The predicted octanol–water partition coefficient (Wildman–Crippen LogP) is 2.44. The van der Waals surface area contributed by atoms with Crippen LogP contribution in [0.2, 0.25) is 0 Å². The second kappa shape index (κ2) is 6.38. The van der Waals surface area contributed by atoms with E-state index in [9.17, 15) is 0 Å². The molecule has 0 aliphatic carbocycles. The molecule has 20 heavy (non-hydrogen) atoms. The Morgan fingerprint density at radius 2 is 1.60 bits per heavy atom. The highest BCUT2D eigenvalue weighted by Gasteiger charge is 2.28. The SMILES string of the molecule is Cc1ccc([SiH](c2ccccc2)C2CCCCO2)cc1. The van der Waals surface area contributed by atoms with Gasteiger partial charge in [-0.25, -0.2) is 0 Å². The molecule has 1 aliphatic rings. The van der Waals surface area contributed by atoms with Crippen LogP contribution in [0.15, 0.2) is 54.6 Å². The summed E-state index contributed by atoms with van der Waals surface area (Å²) in [7, 11) is -1.27. The Morgan fingerprint density at radius 3 is 2.25 bits per heavy atom. The zero-order chi connectivity index (χ0) is 13.8. The molecule has 1 nitrogen and oxygen atoms in total. The molecule has 0 saturated carbocycles. The van der Waals surface area contributed by atoms with Crippen molar-refractivity contribution in [1.29, 1.82) is 0 Å². The van der Waals surface area contributed by atoms with Crippen LogP contribution in [0.1, 0.15) is 24.8 Å². The Kier molecular flexibility index (Phi) is 4.33. The van der Waals surface area contributed by atoms with Crippen LogP contribution in [0.4, 0.5) is 0 Å². The van der Waals surface area contributed by atoms with Crippen molar-refractivity contribution in [2.75, 3.05) is 6.61 Å². The fraction of sp³-hybridized carbons (Fsp3) is 0.333. The lowest BCUT2D eigenvalue weighted by molar-refractivity contribution is 0.0644. The van der Waals surface area contributed by atoms with E-state index in [4.69, 9.17) is 4.74 Å². The van der Waals surface area contributed by atoms with Gasteiger partial charge in [-0.3, -0.25) is 0 Å². The minimum absolute atomic E-state index is 0.453. The normalized spacial score (nSPS) is 20.6. The largest absolute Gasteiger partial charge is 0.381 e. The summed E-state index contributed by atoms with van der Waals surface area (Å²) in [5.74, 6) is 0. The predicted molar refractivity (Wildman–Crippen MR) is 87.6 cm³/mol. The Labute approximate surface area is 123 Å². The molecular formula is C18H22OSi. The lowest BCUT2D eigenvalue weighted by atomic mass is 10.2. The van der Waals surface area contributed by atoms with E-state index in [1.807, 2.05) is 0 Å². The quantitative estimate of drug-likeness (QED) is 0.786. The summed E-state index contributed by atoms with van der Waals surface area (Å²) in [5, 5.41) is 3.01. The standard InChI is InChI=1S/C18H22OSi/c1-15-10-12-17(13-11-15)20(16-7-3-2-4-8-16)18-9-5-6-14-19-18/h2-4,7-8,10-13,18,20H,5-6,9,14H2,1H3. The monoisotopic (exact) mass is 282 g/mol. The van der Waals surface area contributed by atoms with Crippen molar-refractivity contribution in [3.63, 3.8) is 0 Å². The molecule has 0 aromatic heterocycles. The zero-order valence-electron chi connectivity index (χ0n) is 12.1. The number of aryl methyl sites for hydroxylation is 1. The Balaban J connectivity index is 1.96. The molecule has 0 bridgehead atoms. The highest BCUT2D eigenvalue weighted by molar-refractivity contribution is 6.86. The van der Waals surface area contributed by atoms with Gasteiger partial charge in [-0.05, 0) is 26.2 Å². The number of ether oxygens (including phenoxy) is 1. The van der Waals surface area contributed by atoms with Crippen LogP contribution in [-0.4, -0.2) is 21.1 Å². The zero-order valence-corrected chi connectivity index (χ0v) is 13.2. The molecule has 3 rings (SSSR count). The molecule has 2 atom stereocenters. The lowest BCUT2D eigenvalue weighted by Gasteiger charge is -2.30. The van der Waals surface area contributed by atoms with Crippen molar-refractivity contribution in [2.24, 2.45) is 0 Å². The third-order valence-corrected chi connectivity index (χ3v) is 7.66. The minimum atomic E-state index is -1.27. The van der Waals surface area contributed by atoms with Crippen molar-refractivity contribution < 1.29 is 4.74 Å². The second-order valence-electron chi connectivity index (χ2n) is 5.70. The van der Waals surface area contributed by atoms with Gasteiger partial charge in [0.1, 0.15) is 8.80 Å². The molecule has 0 N–H and O–H groups in total. The topological polar surface area (TPSA) is 9.23 Å². The van der Waals surface area contributed by atoms with Crippen molar-refractivity contribution in [3.8, 4) is 0 Å². The first-order valence-corrected chi connectivity index (χ1v) is 9.40. The fourth-order valence-electron chi connectivity index (χ4n) is 3.08. The first-order valence-electron chi connectivity index (χ1n) is 7.58. The maximum Gasteiger partial charge on any atom is 0.134 e. The van der Waals surface area contributed by atoms with Gasteiger partial charge in [0.25, 0.3) is 0 Å². The number of hydrogen-bond acceptors (Lipinski definition) is 1. The fourth-order valence-corrected chi connectivity index (χ4v) is 6.47. The van der Waals surface area contributed by atoms with Crippen LogP contribution in [0.3, 0.4) is 0 Å². The van der Waals surface area contributed by atoms with Crippen molar-refractivity contribution in [2.45, 2.75) is 31.9 Å². The Bertz CT molecular complexity index is 529. The first-order chi connectivity index (χ1) is 9.84. The van der Waals surface area contributed by atoms with E-state index in [2.05, 4.69) is 61.5 Å². The van der Waals surface area contributed by atoms with E-state index in [1.165, 1.54) is 35.2 Å². The molecule has 104 valence electrons. The third-order valence-electron chi connectivity index (χ3n) is 4.18. The molecule has 2 aromatic rings. The molecular weight excluding hydrogens is 260 g/mol. The minimum Gasteiger partial charge on any atom is -0.381 e. The highest BCUT2D eigenvalue weighted by Crippen LogP contribution is 2.16. The first kappa shape index (κ1) is 13.6. The van der Waals surface area contributed by atoms with Crippen LogP contribution >= 0.6 is 0 Å². The smallest absolute Gasteiger partial charge is 0.134 e. The van der Waals surface area contributed by atoms with Crippen LogP contribution < -0.4 is 10.4 Å². The van der Waals surface area contributed by atoms with E-state index >= 15 is 0 Å². The van der Waals surface area contributed by atoms with Gasteiger partial charge < -0.3 is 4.74 Å². The van der Waals surface area contributed by atoms with E-state index < -0.39 is 8.80 Å². The van der Waals surface area contributed by atoms with Gasteiger partial charge in [0, 0.05) is 6.61 Å². The van der Waals surface area contributed by atoms with E-state index in [0.29, 0.717) is 5.73 Å². The molecule has 0 radical (unpaired) electrons. The van der Waals surface area contributed by atoms with Crippen molar-refractivity contribution >= 4 is 19.2 Å². The summed E-state index contributed by atoms with van der Waals surface area (Å²) in [5.41, 5.74) is 1.79. The van der Waals surface area contributed by atoms with Crippen molar-refractivity contribution in [1.82, 2.24) is 0 Å². The second-order valence-corrected chi connectivity index (χ2v) is 8.74. The van der Waals surface area contributed by atoms with Crippen LogP contribution in [-0.2, 0) is 4.74 Å². The van der Waals surface area contributed by atoms with E-state index in [1.54, 1.807) is 0 Å². The molecule has 2 aromatic carbocycles. The number of benzene rings is 2. The number of hydrogen-bond donors (Lipinski definition) is 0. The molecule has 2 heteroatoms. The summed E-state index contributed by atoms with van der Waals surface area (Å²) in [6, 6.07) is 20.1. The highest BCUT2D eigenvalue weighted by atomic mass is 28.3. The molecule has 0 amide bonds. The van der Waals surface area contributed by atoms with Gasteiger partial charge >= 0.3 is 0 Å². The summed E-state index contributed by atoms with van der Waals surface area (Å²) in [6.07, 6.45) is 3.76. The summed E-state index contributed by atoms with van der Waals surface area (Å²) in [6.45, 7) is 3.09. The summed E-state index contributed by atoms with van der Waals surface area (Å²) >= 11 is 0. The van der Waals surface area contributed by atoms with Crippen LogP contribution in [0, 0.1) is 6.92 Å². The molecule has 1 fully saturated rings. The van der Waals surface area contributed by atoms with Crippen molar-refractivity contribution in [3.05, 3.63) is 60.2 Å².